The Labute approximate surface area is 314 Å². The summed E-state index contributed by atoms with van der Waals surface area (Å²) in [6, 6.07) is 0. The van der Waals surface area contributed by atoms with E-state index in [1.54, 1.807) is 6.92 Å². The van der Waals surface area contributed by atoms with Crippen LogP contribution in [0.1, 0.15) is 102 Å². The third-order valence-electron chi connectivity index (χ3n) is 10.4. The normalized spacial score (nSPS) is 31.5. The van der Waals surface area contributed by atoms with Crippen molar-refractivity contribution in [1.82, 2.24) is 0 Å². The quantitative estimate of drug-likeness (QED) is 0.150. The average molecular weight is 715 g/mol. The summed E-state index contributed by atoms with van der Waals surface area (Å²) in [5.74, 6) is 0. The molecule has 0 aromatic rings. The van der Waals surface area contributed by atoms with E-state index in [2.05, 4.69) is 154 Å². The third kappa shape index (κ3) is 12.8. The molecular formula is C46H66O6. The lowest BCUT2D eigenvalue weighted by atomic mass is 9.71. The number of aliphatic hydroxyl groups is 4. The van der Waals surface area contributed by atoms with E-state index in [9.17, 15) is 20.4 Å². The Balaban J connectivity index is 1.51. The molecule has 286 valence electrons. The van der Waals surface area contributed by atoms with Gasteiger partial charge in [-0.15, -0.1) is 0 Å². The van der Waals surface area contributed by atoms with Gasteiger partial charge in [0, 0.05) is 0 Å². The predicted molar refractivity (Wildman–Crippen MR) is 215 cm³/mol. The van der Waals surface area contributed by atoms with E-state index in [0.29, 0.717) is 6.42 Å². The molecule has 1 heterocycles. The average Bonchev–Trinajstić information content (AvgIpc) is 3.03. The smallest absolute Gasteiger partial charge is 0.186 e. The van der Waals surface area contributed by atoms with E-state index in [-0.39, 0.29) is 23.0 Å². The zero-order chi connectivity index (χ0) is 38.8. The first-order valence-electron chi connectivity index (χ1n) is 18.8. The summed E-state index contributed by atoms with van der Waals surface area (Å²) in [7, 11) is 0. The van der Waals surface area contributed by atoms with Crippen molar-refractivity contribution in [3.05, 3.63) is 130 Å². The molecule has 1 saturated heterocycles. The molecule has 0 bridgehead atoms. The van der Waals surface area contributed by atoms with Gasteiger partial charge in [0.05, 0.1) is 18.3 Å². The molecule has 3 unspecified atom stereocenters. The Bertz CT molecular complexity index is 1580. The summed E-state index contributed by atoms with van der Waals surface area (Å²) in [5, 5.41) is 40.7. The van der Waals surface area contributed by atoms with Gasteiger partial charge < -0.3 is 29.9 Å². The zero-order valence-electron chi connectivity index (χ0n) is 33.6. The van der Waals surface area contributed by atoms with Crippen LogP contribution in [-0.2, 0) is 9.47 Å². The van der Waals surface area contributed by atoms with E-state index in [1.165, 1.54) is 33.4 Å². The Morgan fingerprint density at radius 2 is 1.06 bits per heavy atom. The highest BCUT2D eigenvalue weighted by Gasteiger charge is 2.44. The summed E-state index contributed by atoms with van der Waals surface area (Å²) in [5.41, 5.74) is 9.59. The van der Waals surface area contributed by atoms with Crippen LogP contribution in [0.3, 0.4) is 0 Å². The molecule has 0 spiro atoms. The number of hydrogen-bond acceptors (Lipinski definition) is 6. The van der Waals surface area contributed by atoms with Gasteiger partial charge >= 0.3 is 0 Å². The van der Waals surface area contributed by atoms with E-state index in [4.69, 9.17) is 9.47 Å². The molecule has 1 fully saturated rings. The van der Waals surface area contributed by atoms with Crippen molar-refractivity contribution in [3.8, 4) is 0 Å². The van der Waals surface area contributed by atoms with Crippen molar-refractivity contribution in [3.63, 3.8) is 0 Å². The molecule has 6 heteroatoms. The maximum atomic E-state index is 10.4. The van der Waals surface area contributed by atoms with Crippen LogP contribution in [0.25, 0.3) is 0 Å². The van der Waals surface area contributed by atoms with Crippen LogP contribution >= 0.6 is 0 Å². The molecule has 0 aromatic carbocycles. The van der Waals surface area contributed by atoms with Gasteiger partial charge in [-0.05, 0) is 96.1 Å². The molecule has 0 radical (unpaired) electrons. The van der Waals surface area contributed by atoms with E-state index in [1.807, 2.05) is 0 Å². The fourth-order valence-electron chi connectivity index (χ4n) is 7.51. The van der Waals surface area contributed by atoms with Crippen LogP contribution in [0.4, 0.5) is 0 Å². The molecule has 4 N–H and O–H groups in total. The summed E-state index contributed by atoms with van der Waals surface area (Å²) in [6.45, 7) is 23.1. The first-order valence-corrected chi connectivity index (χ1v) is 18.8. The van der Waals surface area contributed by atoms with Crippen LogP contribution in [0.5, 0.6) is 0 Å². The van der Waals surface area contributed by atoms with E-state index < -0.39 is 30.7 Å². The lowest BCUT2D eigenvalue weighted by Gasteiger charge is -2.43. The van der Waals surface area contributed by atoms with Crippen molar-refractivity contribution in [1.29, 1.82) is 0 Å². The van der Waals surface area contributed by atoms with Gasteiger partial charge in [-0.2, -0.15) is 0 Å². The predicted octanol–water partition coefficient (Wildman–Crippen LogP) is 9.40. The largest absolute Gasteiger partial charge is 0.393 e. The first-order chi connectivity index (χ1) is 24.3. The Kier molecular flexibility index (Phi) is 16.1. The number of ether oxygens (including phenoxy) is 2. The van der Waals surface area contributed by atoms with Gasteiger partial charge in [0.15, 0.2) is 6.29 Å². The lowest BCUT2D eigenvalue weighted by molar-refractivity contribution is -0.305. The van der Waals surface area contributed by atoms with Crippen molar-refractivity contribution in [2.45, 2.75) is 145 Å². The fraction of sp³-hybridized carbons (Fsp3) is 0.522. The first kappa shape index (κ1) is 43.3. The van der Waals surface area contributed by atoms with Gasteiger partial charge in [-0.25, -0.2) is 0 Å². The molecule has 52 heavy (non-hydrogen) atoms. The molecule has 0 amide bonds. The second-order valence-corrected chi connectivity index (χ2v) is 16.5. The number of allylic oxidation sites excluding steroid dienone is 20. The Morgan fingerprint density at radius 1 is 0.615 bits per heavy atom. The van der Waals surface area contributed by atoms with Crippen LogP contribution < -0.4 is 0 Å². The van der Waals surface area contributed by atoms with Gasteiger partial charge in [0.1, 0.15) is 18.3 Å². The number of rotatable bonds is 12. The van der Waals surface area contributed by atoms with Crippen molar-refractivity contribution in [2.24, 2.45) is 10.8 Å². The summed E-state index contributed by atoms with van der Waals surface area (Å²) in [6.07, 6.45) is 26.9. The minimum Gasteiger partial charge on any atom is -0.393 e. The third-order valence-corrected chi connectivity index (χ3v) is 10.4. The number of hydrogen-bond donors (Lipinski definition) is 4. The summed E-state index contributed by atoms with van der Waals surface area (Å²) < 4.78 is 11.8. The van der Waals surface area contributed by atoms with E-state index in [0.717, 1.165) is 30.4 Å². The molecule has 6 nitrogen and oxygen atoms in total. The molecule has 2 aliphatic carbocycles. The highest BCUT2D eigenvalue weighted by molar-refractivity contribution is 5.39. The minimum atomic E-state index is -1.30. The summed E-state index contributed by atoms with van der Waals surface area (Å²) >= 11 is 0. The van der Waals surface area contributed by atoms with Crippen molar-refractivity contribution in [2.75, 3.05) is 0 Å². The molecular weight excluding hydrogens is 649 g/mol. The molecule has 0 saturated carbocycles. The monoisotopic (exact) mass is 714 g/mol. The SMILES string of the molecule is CC1=C(/C=C/C(C)=C/C=C/C(C)=C/C=C/C=C(C)/C=C/C=C(C)/C=C/C2=C(C)CC(OC3O[C@@H](C)[C@H](O)[C@@H](O)[C@H]3O)CC2(C)C)C(C)(C)CC(O)C1. The fourth-order valence-corrected chi connectivity index (χ4v) is 7.51. The maximum absolute atomic E-state index is 10.4. The van der Waals surface area contributed by atoms with Gasteiger partial charge in [0.2, 0.25) is 0 Å². The van der Waals surface area contributed by atoms with Gasteiger partial charge in [-0.1, -0.05) is 146 Å². The highest BCUT2D eigenvalue weighted by Crippen LogP contribution is 2.43. The maximum Gasteiger partial charge on any atom is 0.186 e. The molecule has 3 rings (SSSR count). The van der Waals surface area contributed by atoms with E-state index >= 15 is 0 Å². The highest BCUT2D eigenvalue weighted by atomic mass is 16.7. The Hall–Kier alpha value is -3.10. The van der Waals surface area contributed by atoms with Gasteiger partial charge in [-0.3, -0.25) is 0 Å². The standard InChI is InChI=1S/C46H66O6/c1-30(18-14-20-32(3)22-24-39-34(5)26-37(47)28-45(39,8)9)16-12-13-17-31(2)19-15-21-33(4)23-25-40-35(6)27-38(29-46(40,10)11)52-44-43(50)42(49)41(48)36(7)51-44/h12-25,36-38,41-44,47-50H,26-29H2,1-11H3/b13-12+,18-14+,19-15+,24-22+,25-23+,30-16+,31-17+,32-20+,33-21+/t36-,37?,38?,41-,42+,43+,44?/m0/s1. The van der Waals surface area contributed by atoms with Crippen molar-refractivity contribution < 1.29 is 29.9 Å². The molecule has 7 atom stereocenters. The van der Waals surface area contributed by atoms with Crippen LogP contribution in [-0.4, -0.2) is 63.3 Å². The second kappa shape index (κ2) is 19.3. The zero-order valence-corrected chi connectivity index (χ0v) is 33.6. The minimum absolute atomic E-state index is 0.0120. The number of aliphatic hydroxyl groups excluding tert-OH is 4. The van der Waals surface area contributed by atoms with Crippen molar-refractivity contribution >= 4 is 0 Å². The van der Waals surface area contributed by atoms with Gasteiger partial charge in [0.25, 0.3) is 0 Å². The Morgan fingerprint density at radius 3 is 1.54 bits per heavy atom. The molecule has 0 aromatic heterocycles. The molecule has 3 aliphatic rings. The van der Waals surface area contributed by atoms with Crippen LogP contribution in [0, 0.1) is 10.8 Å². The molecule has 1 aliphatic heterocycles. The van der Waals surface area contributed by atoms with Crippen LogP contribution in [0.2, 0.25) is 0 Å². The topological polar surface area (TPSA) is 99.4 Å². The van der Waals surface area contributed by atoms with Crippen LogP contribution in [0.15, 0.2) is 130 Å². The second-order valence-electron chi connectivity index (χ2n) is 16.5. The lowest BCUT2D eigenvalue weighted by Crippen LogP contribution is -2.58. The summed E-state index contributed by atoms with van der Waals surface area (Å²) in [4.78, 5) is 0.